The van der Waals surface area contributed by atoms with E-state index < -0.39 is 54.1 Å². The zero-order chi connectivity index (χ0) is 40.1. The topological polar surface area (TPSA) is 140 Å². The van der Waals surface area contributed by atoms with Gasteiger partial charge in [-0.1, -0.05) is 40.2 Å². The molecule has 1 aliphatic rings. The summed E-state index contributed by atoms with van der Waals surface area (Å²) in [5.74, 6) is -1.11. The summed E-state index contributed by atoms with van der Waals surface area (Å²) in [6.45, 7) is 0.205. The summed E-state index contributed by atoms with van der Waals surface area (Å²) < 4.78 is 83.8. The van der Waals surface area contributed by atoms with Gasteiger partial charge in [-0.05, 0) is 55.0 Å². The molecule has 2 atom stereocenters. The Balaban J connectivity index is 1.30. The van der Waals surface area contributed by atoms with Crippen LogP contribution in [0.15, 0.2) is 94.6 Å². The van der Waals surface area contributed by atoms with E-state index in [4.69, 9.17) is 0 Å². The van der Waals surface area contributed by atoms with Crippen molar-refractivity contribution in [3.8, 4) is 17.1 Å². The van der Waals surface area contributed by atoms with E-state index in [2.05, 4.69) is 36.3 Å². The van der Waals surface area contributed by atoms with Crippen molar-refractivity contribution < 1.29 is 41.0 Å². The van der Waals surface area contributed by atoms with Gasteiger partial charge in [-0.3, -0.25) is 23.4 Å². The molecule has 4 heterocycles. The van der Waals surface area contributed by atoms with E-state index in [9.17, 15) is 45.8 Å². The number of carbonyl (C=O) groups is 2. The number of fused-ring (bicyclic) bond motifs is 2. The lowest BCUT2D eigenvalue weighted by molar-refractivity contribution is -0.207. The SMILES string of the molecule is C[C@@H]1Cn2c(c(C(=O)NCc3ccccc3-c3ncccn3)n(-c3ccc4c(cnn4C[C@H](O)C(F)(F)F)c3)c2=O)CN1C(=O)c1ccc(Br)c(C(F)(F)F)c1. The molecule has 0 unspecified atom stereocenters. The first-order chi connectivity index (χ1) is 26.5. The highest BCUT2D eigenvalue weighted by atomic mass is 79.9. The minimum Gasteiger partial charge on any atom is -0.382 e. The van der Waals surface area contributed by atoms with E-state index in [0.29, 0.717) is 17.0 Å². The van der Waals surface area contributed by atoms with Gasteiger partial charge < -0.3 is 15.3 Å². The lowest BCUT2D eigenvalue weighted by Crippen LogP contribution is -2.47. The van der Waals surface area contributed by atoms with Crippen LogP contribution in [0.2, 0.25) is 0 Å². The lowest BCUT2D eigenvalue weighted by Gasteiger charge is -2.34. The minimum atomic E-state index is -4.89. The Morgan fingerprint density at radius 2 is 1.73 bits per heavy atom. The van der Waals surface area contributed by atoms with E-state index in [1.807, 2.05) is 0 Å². The van der Waals surface area contributed by atoms with E-state index in [-0.39, 0.29) is 57.6 Å². The number of carbonyl (C=O) groups excluding carboxylic acids is 2. The van der Waals surface area contributed by atoms with Gasteiger partial charge in [-0.15, -0.1) is 0 Å². The molecule has 2 amide bonds. The third kappa shape index (κ3) is 7.30. The van der Waals surface area contributed by atoms with E-state index >= 15 is 0 Å². The first kappa shape index (κ1) is 38.5. The number of aliphatic hydroxyl groups is 1. The molecule has 56 heavy (non-hydrogen) atoms. The highest BCUT2D eigenvalue weighted by Gasteiger charge is 2.40. The van der Waals surface area contributed by atoms with Crippen LogP contribution in [-0.2, 0) is 32.4 Å². The number of alkyl halides is 6. The molecule has 19 heteroatoms. The Morgan fingerprint density at radius 3 is 2.45 bits per heavy atom. The molecule has 12 nitrogen and oxygen atoms in total. The minimum absolute atomic E-state index is 0.0580. The predicted octanol–water partition coefficient (Wildman–Crippen LogP) is 6.12. The monoisotopic (exact) mass is 842 g/mol. The highest BCUT2D eigenvalue weighted by Crippen LogP contribution is 2.36. The fourth-order valence-electron chi connectivity index (χ4n) is 6.62. The summed E-state index contributed by atoms with van der Waals surface area (Å²) in [6, 6.07) is 15.3. The third-order valence-corrected chi connectivity index (χ3v) is 10.1. The van der Waals surface area contributed by atoms with Crippen LogP contribution in [0.5, 0.6) is 0 Å². The zero-order valence-electron chi connectivity index (χ0n) is 29.0. The molecule has 0 bridgehead atoms. The maximum atomic E-state index is 14.3. The molecule has 1 aliphatic heterocycles. The molecule has 2 N–H and O–H groups in total. The Bertz CT molecular complexity index is 2530. The van der Waals surface area contributed by atoms with Crippen molar-refractivity contribution in [3.05, 3.63) is 128 Å². The van der Waals surface area contributed by atoms with Crippen molar-refractivity contribution >= 4 is 38.6 Å². The van der Waals surface area contributed by atoms with Crippen LogP contribution in [0, 0.1) is 0 Å². The molecule has 0 aliphatic carbocycles. The Kier molecular flexibility index (Phi) is 10.1. The molecule has 3 aromatic carbocycles. The van der Waals surface area contributed by atoms with Gasteiger partial charge in [0.2, 0.25) is 0 Å². The summed E-state index contributed by atoms with van der Waals surface area (Å²) in [4.78, 5) is 52.3. The van der Waals surface area contributed by atoms with Gasteiger partial charge in [0.15, 0.2) is 11.9 Å². The summed E-state index contributed by atoms with van der Waals surface area (Å²) in [7, 11) is 0. The standard InChI is InChI=1S/C37H29BrF6N8O4/c1-20-17-50-29(18-49(20)34(55)21-7-9-27(38)26(14-21)36(39,40)41)31(33(54)47-15-22-5-2-3-6-25(22)32-45-11-4-12-46-32)52(35(50)56)24-8-10-28-23(13-24)16-48-51(28)19-30(53)37(42,43)44/h2-14,16,20,30,53H,15,17-19H2,1H3,(H,47,54)/t20-,30+/m1/s1. The number of imidazole rings is 1. The van der Waals surface area contributed by atoms with Crippen LogP contribution in [0.3, 0.4) is 0 Å². The van der Waals surface area contributed by atoms with Gasteiger partial charge in [0, 0.05) is 52.5 Å². The molecule has 7 rings (SSSR count). The van der Waals surface area contributed by atoms with Gasteiger partial charge in [0.05, 0.1) is 41.7 Å². The maximum Gasteiger partial charge on any atom is 0.417 e. The Hall–Kier alpha value is -5.82. The van der Waals surface area contributed by atoms with Crippen molar-refractivity contribution in [2.45, 2.75) is 57.6 Å². The number of nitrogens with zero attached hydrogens (tertiary/aromatic N) is 7. The molecular weight excluding hydrogens is 814 g/mol. The number of aromatic nitrogens is 6. The van der Waals surface area contributed by atoms with Gasteiger partial charge in [0.25, 0.3) is 11.8 Å². The molecule has 0 fully saturated rings. The van der Waals surface area contributed by atoms with Crippen LogP contribution in [0.25, 0.3) is 28.0 Å². The second kappa shape index (κ2) is 14.7. The molecule has 0 saturated carbocycles. The van der Waals surface area contributed by atoms with Crippen molar-refractivity contribution in [1.82, 2.24) is 39.1 Å². The first-order valence-corrected chi connectivity index (χ1v) is 17.7. The fraction of sp³-hybridized carbons (Fsp3) is 0.243. The molecule has 0 radical (unpaired) electrons. The van der Waals surface area contributed by atoms with Crippen molar-refractivity contribution in [2.24, 2.45) is 0 Å². The van der Waals surface area contributed by atoms with E-state index in [0.717, 1.165) is 21.4 Å². The van der Waals surface area contributed by atoms with Crippen molar-refractivity contribution in [3.63, 3.8) is 0 Å². The molecular formula is C37H29BrF6N8O4. The van der Waals surface area contributed by atoms with Gasteiger partial charge in [-0.2, -0.15) is 31.4 Å². The average molecular weight is 844 g/mol. The molecule has 6 aromatic rings. The van der Waals surface area contributed by atoms with Crippen molar-refractivity contribution in [2.75, 3.05) is 0 Å². The summed E-state index contributed by atoms with van der Waals surface area (Å²) in [5.41, 5.74) is -0.476. The Labute approximate surface area is 321 Å². The largest absolute Gasteiger partial charge is 0.417 e. The maximum absolute atomic E-state index is 14.3. The van der Waals surface area contributed by atoms with Crippen LogP contribution in [-0.4, -0.2) is 69.0 Å². The highest BCUT2D eigenvalue weighted by molar-refractivity contribution is 9.10. The molecule has 0 saturated heterocycles. The number of rotatable bonds is 8. The van der Waals surface area contributed by atoms with Crippen molar-refractivity contribution in [1.29, 1.82) is 0 Å². The van der Waals surface area contributed by atoms with E-state index in [1.165, 1.54) is 39.9 Å². The van der Waals surface area contributed by atoms with Gasteiger partial charge >= 0.3 is 18.0 Å². The second-order valence-corrected chi connectivity index (χ2v) is 13.9. The zero-order valence-corrected chi connectivity index (χ0v) is 30.6. The summed E-state index contributed by atoms with van der Waals surface area (Å²) in [5, 5.41) is 16.7. The number of halogens is 7. The molecule has 0 spiro atoms. The predicted molar refractivity (Wildman–Crippen MR) is 192 cm³/mol. The summed E-state index contributed by atoms with van der Waals surface area (Å²) in [6.07, 6.45) is -7.96. The lowest BCUT2D eigenvalue weighted by atomic mass is 10.1. The second-order valence-electron chi connectivity index (χ2n) is 13.0. The third-order valence-electron chi connectivity index (χ3n) is 9.41. The average Bonchev–Trinajstić information content (AvgIpc) is 3.69. The van der Waals surface area contributed by atoms with Crippen LogP contribution in [0.4, 0.5) is 26.3 Å². The van der Waals surface area contributed by atoms with E-state index in [1.54, 1.807) is 49.6 Å². The quantitative estimate of drug-likeness (QED) is 0.176. The molecule has 290 valence electrons. The van der Waals surface area contributed by atoms with Crippen LogP contribution >= 0.6 is 15.9 Å². The number of aliphatic hydroxyl groups excluding tert-OH is 1. The van der Waals surface area contributed by atoms with Gasteiger partial charge in [-0.25, -0.2) is 14.8 Å². The van der Waals surface area contributed by atoms with Crippen LogP contribution in [0.1, 0.15) is 44.6 Å². The Morgan fingerprint density at radius 1 is 1.00 bits per heavy atom. The molecule has 3 aromatic heterocycles. The summed E-state index contributed by atoms with van der Waals surface area (Å²) >= 11 is 2.89. The fourth-order valence-corrected chi connectivity index (χ4v) is 7.09. The first-order valence-electron chi connectivity index (χ1n) is 16.9. The number of benzene rings is 3. The smallest absolute Gasteiger partial charge is 0.382 e. The van der Waals surface area contributed by atoms with Gasteiger partial charge in [0.1, 0.15) is 5.69 Å². The number of hydrogen-bond acceptors (Lipinski definition) is 7. The number of nitrogens with one attached hydrogen (secondary N) is 1. The normalized spacial score (nSPS) is 15.2. The van der Waals surface area contributed by atoms with Crippen LogP contribution < -0.4 is 11.0 Å². The number of hydrogen-bond donors (Lipinski definition) is 2. The number of amides is 2.